The number of primary amides is 1. The highest BCUT2D eigenvalue weighted by atomic mass is 16.1. The molecule has 14 heavy (non-hydrogen) atoms. The molecule has 0 spiro atoms. The van der Waals surface area contributed by atoms with Gasteiger partial charge in [-0.25, -0.2) is 0 Å². The Morgan fingerprint density at radius 3 is 2.07 bits per heavy atom. The molecule has 1 aromatic carbocycles. The molecule has 1 aromatic rings. The van der Waals surface area contributed by atoms with Gasteiger partial charge < -0.3 is 5.73 Å². The minimum Gasteiger partial charge on any atom is -0.366 e. The Hall–Kier alpha value is -1.31. The molecule has 0 heterocycles. The van der Waals surface area contributed by atoms with Crippen molar-refractivity contribution < 1.29 is 4.79 Å². The highest BCUT2D eigenvalue weighted by molar-refractivity contribution is 5.92. The van der Waals surface area contributed by atoms with E-state index in [1.165, 1.54) is 5.56 Å². The number of carbonyl (C=O) groups is 1. The van der Waals surface area contributed by atoms with Crippen LogP contribution in [-0.2, 0) is 0 Å². The van der Waals surface area contributed by atoms with Gasteiger partial charge in [0.25, 0.3) is 0 Å². The van der Waals surface area contributed by atoms with E-state index >= 15 is 0 Å². The first-order chi connectivity index (χ1) is 6.69. The third-order valence-corrected chi connectivity index (χ3v) is 2.65. The van der Waals surface area contributed by atoms with Gasteiger partial charge in [-0.15, -0.1) is 0 Å². The summed E-state index contributed by atoms with van der Waals surface area (Å²) in [6.45, 7) is 4.35. The Bertz CT molecular complexity index is 299. The van der Waals surface area contributed by atoms with Gasteiger partial charge in [0.05, 0.1) is 0 Å². The van der Waals surface area contributed by atoms with Crippen molar-refractivity contribution in [1.29, 1.82) is 0 Å². The lowest BCUT2D eigenvalue weighted by Crippen LogP contribution is -2.10. The SMILES string of the molecule is CCC(CC)c1ccc(C(N)=O)cc1. The van der Waals surface area contributed by atoms with Gasteiger partial charge in [0.2, 0.25) is 5.91 Å². The van der Waals surface area contributed by atoms with Gasteiger partial charge in [0.15, 0.2) is 0 Å². The molecule has 0 aromatic heterocycles. The van der Waals surface area contributed by atoms with Crippen molar-refractivity contribution in [1.82, 2.24) is 0 Å². The molecule has 76 valence electrons. The molecule has 0 unspecified atom stereocenters. The first-order valence-electron chi connectivity index (χ1n) is 5.08. The van der Waals surface area contributed by atoms with Gasteiger partial charge in [0, 0.05) is 5.56 Å². The zero-order chi connectivity index (χ0) is 10.6. The molecule has 0 saturated carbocycles. The molecule has 1 amide bonds. The fourth-order valence-electron chi connectivity index (χ4n) is 1.68. The Kier molecular flexibility index (Phi) is 3.69. The molecule has 1 rings (SSSR count). The van der Waals surface area contributed by atoms with Gasteiger partial charge in [-0.3, -0.25) is 4.79 Å². The van der Waals surface area contributed by atoms with Crippen LogP contribution in [0.25, 0.3) is 0 Å². The van der Waals surface area contributed by atoms with Crippen LogP contribution in [0.3, 0.4) is 0 Å². The summed E-state index contributed by atoms with van der Waals surface area (Å²) in [6.07, 6.45) is 2.26. The maximum atomic E-state index is 10.8. The summed E-state index contributed by atoms with van der Waals surface area (Å²) in [5.74, 6) is 0.234. The van der Waals surface area contributed by atoms with Crippen molar-refractivity contribution in [2.75, 3.05) is 0 Å². The third-order valence-electron chi connectivity index (χ3n) is 2.65. The van der Waals surface area contributed by atoms with Crippen LogP contribution in [0.4, 0.5) is 0 Å². The van der Waals surface area contributed by atoms with Gasteiger partial charge in [-0.05, 0) is 36.5 Å². The van der Waals surface area contributed by atoms with Crippen LogP contribution in [0.15, 0.2) is 24.3 Å². The number of hydrogen-bond acceptors (Lipinski definition) is 1. The summed E-state index contributed by atoms with van der Waals surface area (Å²) in [7, 11) is 0. The Labute approximate surface area is 85.1 Å². The van der Waals surface area contributed by atoms with E-state index in [0.29, 0.717) is 11.5 Å². The summed E-state index contributed by atoms with van der Waals surface area (Å²) < 4.78 is 0. The van der Waals surface area contributed by atoms with E-state index in [9.17, 15) is 4.79 Å². The van der Waals surface area contributed by atoms with Crippen molar-refractivity contribution in [2.24, 2.45) is 5.73 Å². The van der Waals surface area contributed by atoms with Crippen molar-refractivity contribution in [3.05, 3.63) is 35.4 Å². The monoisotopic (exact) mass is 191 g/mol. The second-order valence-corrected chi connectivity index (χ2v) is 3.50. The molecule has 0 radical (unpaired) electrons. The second kappa shape index (κ2) is 4.80. The smallest absolute Gasteiger partial charge is 0.248 e. The lowest BCUT2D eigenvalue weighted by atomic mass is 9.93. The molecule has 0 atom stereocenters. The van der Waals surface area contributed by atoms with Crippen LogP contribution in [0.2, 0.25) is 0 Å². The fraction of sp³-hybridized carbons (Fsp3) is 0.417. The fourth-order valence-corrected chi connectivity index (χ4v) is 1.68. The van der Waals surface area contributed by atoms with Crippen LogP contribution < -0.4 is 5.73 Å². The number of benzene rings is 1. The molecule has 0 fully saturated rings. The minimum absolute atomic E-state index is 0.360. The molecule has 0 aliphatic rings. The van der Waals surface area contributed by atoms with Crippen LogP contribution in [0.5, 0.6) is 0 Å². The number of hydrogen-bond donors (Lipinski definition) is 1. The number of nitrogens with two attached hydrogens (primary N) is 1. The number of carbonyl (C=O) groups excluding carboxylic acids is 1. The van der Waals surface area contributed by atoms with Crippen LogP contribution in [0, 0.1) is 0 Å². The molecular weight excluding hydrogens is 174 g/mol. The molecule has 2 nitrogen and oxygen atoms in total. The van der Waals surface area contributed by atoms with E-state index in [-0.39, 0.29) is 5.91 Å². The van der Waals surface area contributed by atoms with Gasteiger partial charge in [-0.1, -0.05) is 26.0 Å². The topological polar surface area (TPSA) is 43.1 Å². The first kappa shape index (κ1) is 10.8. The Morgan fingerprint density at radius 1 is 1.21 bits per heavy atom. The van der Waals surface area contributed by atoms with Gasteiger partial charge in [0.1, 0.15) is 0 Å². The summed E-state index contributed by atoms with van der Waals surface area (Å²) >= 11 is 0. The summed E-state index contributed by atoms with van der Waals surface area (Å²) in [4.78, 5) is 10.8. The first-order valence-corrected chi connectivity index (χ1v) is 5.08. The molecule has 0 aliphatic carbocycles. The van der Waals surface area contributed by atoms with Crippen LogP contribution >= 0.6 is 0 Å². The molecule has 0 saturated heterocycles. The highest BCUT2D eigenvalue weighted by Crippen LogP contribution is 2.22. The lowest BCUT2D eigenvalue weighted by molar-refractivity contribution is 0.100. The Morgan fingerprint density at radius 2 is 1.71 bits per heavy atom. The molecule has 0 bridgehead atoms. The van der Waals surface area contributed by atoms with Crippen molar-refractivity contribution in [3.8, 4) is 0 Å². The van der Waals surface area contributed by atoms with E-state index in [1.807, 2.05) is 12.1 Å². The summed E-state index contributed by atoms with van der Waals surface area (Å²) in [5.41, 5.74) is 7.04. The molecule has 0 aliphatic heterocycles. The average Bonchev–Trinajstić information content (AvgIpc) is 2.20. The van der Waals surface area contributed by atoms with Crippen molar-refractivity contribution in [3.63, 3.8) is 0 Å². The summed E-state index contributed by atoms with van der Waals surface area (Å²) in [5, 5.41) is 0. The molecule has 2 N–H and O–H groups in total. The molecular formula is C12H17NO. The zero-order valence-corrected chi connectivity index (χ0v) is 8.79. The maximum Gasteiger partial charge on any atom is 0.248 e. The van der Waals surface area contributed by atoms with E-state index in [4.69, 9.17) is 5.73 Å². The Balaban J connectivity index is 2.87. The van der Waals surface area contributed by atoms with Crippen LogP contribution in [0.1, 0.15) is 48.5 Å². The normalized spacial score (nSPS) is 10.5. The second-order valence-electron chi connectivity index (χ2n) is 3.50. The van der Waals surface area contributed by atoms with E-state index in [0.717, 1.165) is 12.8 Å². The quantitative estimate of drug-likeness (QED) is 0.781. The number of rotatable bonds is 4. The minimum atomic E-state index is -0.360. The van der Waals surface area contributed by atoms with E-state index in [1.54, 1.807) is 12.1 Å². The summed E-state index contributed by atoms with van der Waals surface area (Å²) in [6, 6.07) is 7.60. The standard InChI is InChI=1S/C12H17NO/c1-3-9(4-2)10-5-7-11(8-6-10)12(13)14/h5-9H,3-4H2,1-2H3,(H2,13,14). The number of amides is 1. The highest BCUT2D eigenvalue weighted by Gasteiger charge is 2.07. The van der Waals surface area contributed by atoms with Crippen molar-refractivity contribution in [2.45, 2.75) is 32.6 Å². The largest absolute Gasteiger partial charge is 0.366 e. The average molecular weight is 191 g/mol. The van der Waals surface area contributed by atoms with Crippen molar-refractivity contribution >= 4 is 5.91 Å². The maximum absolute atomic E-state index is 10.8. The van der Waals surface area contributed by atoms with E-state index < -0.39 is 0 Å². The van der Waals surface area contributed by atoms with Crippen LogP contribution in [-0.4, -0.2) is 5.91 Å². The van der Waals surface area contributed by atoms with E-state index in [2.05, 4.69) is 13.8 Å². The van der Waals surface area contributed by atoms with Gasteiger partial charge >= 0.3 is 0 Å². The predicted octanol–water partition coefficient (Wildman–Crippen LogP) is 2.69. The van der Waals surface area contributed by atoms with Gasteiger partial charge in [-0.2, -0.15) is 0 Å². The zero-order valence-electron chi connectivity index (χ0n) is 8.79. The third kappa shape index (κ3) is 2.34. The lowest BCUT2D eigenvalue weighted by Gasteiger charge is -2.12. The molecule has 2 heteroatoms. The predicted molar refractivity (Wildman–Crippen MR) is 58.3 cm³/mol.